The number of nitrogens with one attached hydrogen (secondary N) is 1. The number of aliphatic carboxylic acids is 1. The molecule has 0 saturated heterocycles. The van der Waals surface area contributed by atoms with Gasteiger partial charge >= 0.3 is 5.97 Å². The van der Waals surface area contributed by atoms with Gasteiger partial charge in [-0.2, -0.15) is 0 Å². The second-order valence-corrected chi connectivity index (χ2v) is 6.67. The van der Waals surface area contributed by atoms with Crippen LogP contribution in [-0.4, -0.2) is 33.8 Å². The van der Waals surface area contributed by atoms with Gasteiger partial charge in [-0.05, 0) is 43.7 Å². The standard InChI is InChI=1S/C19H18ClN3O4/c1-11-13(20)5-7-16-22-18(12-4-6-14-15(9-12)27-10-26-14)19(23(11)16)21-8-2-3-17(24)25/h4-7,9,21H,2-3,8,10H2,1H3,(H,24,25). The van der Waals surface area contributed by atoms with Crippen molar-refractivity contribution in [2.75, 3.05) is 18.7 Å². The summed E-state index contributed by atoms with van der Waals surface area (Å²) in [7, 11) is 0. The molecular formula is C19H18ClN3O4. The maximum absolute atomic E-state index is 10.8. The normalized spacial score (nSPS) is 12.5. The highest BCUT2D eigenvalue weighted by Gasteiger charge is 2.20. The number of carboxylic acid groups (broad SMARTS) is 1. The summed E-state index contributed by atoms with van der Waals surface area (Å²) in [4.78, 5) is 15.5. The number of rotatable bonds is 6. The Labute approximate surface area is 160 Å². The van der Waals surface area contributed by atoms with Crippen molar-refractivity contribution in [2.24, 2.45) is 0 Å². The molecule has 0 fully saturated rings. The number of pyridine rings is 1. The maximum atomic E-state index is 10.8. The Bertz CT molecular complexity index is 1030. The first kappa shape index (κ1) is 17.5. The van der Waals surface area contributed by atoms with Gasteiger partial charge in [0.15, 0.2) is 11.5 Å². The highest BCUT2D eigenvalue weighted by Crippen LogP contribution is 2.38. The molecule has 27 heavy (non-hydrogen) atoms. The van der Waals surface area contributed by atoms with Gasteiger partial charge in [-0.25, -0.2) is 4.98 Å². The fourth-order valence-corrected chi connectivity index (χ4v) is 3.27. The van der Waals surface area contributed by atoms with Crippen molar-refractivity contribution in [3.8, 4) is 22.8 Å². The number of nitrogens with zero attached hydrogens (tertiary/aromatic N) is 2. The lowest BCUT2D eigenvalue weighted by atomic mass is 10.1. The Morgan fingerprint density at radius 2 is 2.11 bits per heavy atom. The molecule has 0 spiro atoms. The Balaban J connectivity index is 1.78. The third-order valence-corrected chi connectivity index (χ3v) is 4.87. The summed E-state index contributed by atoms with van der Waals surface area (Å²) in [5.74, 6) is 1.34. The van der Waals surface area contributed by atoms with E-state index in [9.17, 15) is 4.79 Å². The first-order chi connectivity index (χ1) is 13.0. The largest absolute Gasteiger partial charge is 0.481 e. The molecule has 1 aliphatic rings. The molecule has 3 heterocycles. The molecule has 0 unspecified atom stereocenters. The molecule has 0 amide bonds. The third-order valence-electron chi connectivity index (χ3n) is 4.47. The van der Waals surface area contributed by atoms with E-state index in [4.69, 9.17) is 31.2 Å². The number of halogens is 1. The van der Waals surface area contributed by atoms with Crippen LogP contribution >= 0.6 is 11.6 Å². The number of aromatic nitrogens is 2. The second-order valence-electron chi connectivity index (χ2n) is 6.26. The number of carboxylic acids is 1. The average molecular weight is 388 g/mol. The minimum absolute atomic E-state index is 0.100. The molecule has 8 heteroatoms. The molecule has 1 aliphatic heterocycles. The van der Waals surface area contributed by atoms with Crippen molar-refractivity contribution in [3.63, 3.8) is 0 Å². The minimum Gasteiger partial charge on any atom is -0.481 e. The molecule has 0 saturated carbocycles. The van der Waals surface area contributed by atoms with Gasteiger partial charge in [0.25, 0.3) is 0 Å². The van der Waals surface area contributed by atoms with E-state index in [0.29, 0.717) is 29.5 Å². The number of imidazole rings is 1. The van der Waals surface area contributed by atoms with E-state index < -0.39 is 5.97 Å². The SMILES string of the molecule is Cc1c(Cl)ccc2nc(-c3ccc4c(c3)OCO4)c(NCCCC(=O)O)n12. The van der Waals surface area contributed by atoms with Crippen molar-refractivity contribution in [1.29, 1.82) is 0 Å². The van der Waals surface area contributed by atoms with E-state index in [1.807, 2.05) is 41.7 Å². The van der Waals surface area contributed by atoms with E-state index in [1.54, 1.807) is 0 Å². The number of hydrogen-bond acceptors (Lipinski definition) is 5. The molecule has 0 atom stereocenters. The number of ether oxygens (including phenoxy) is 2. The zero-order chi connectivity index (χ0) is 19.0. The van der Waals surface area contributed by atoms with E-state index >= 15 is 0 Å². The smallest absolute Gasteiger partial charge is 0.303 e. The molecule has 1 aromatic carbocycles. The van der Waals surface area contributed by atoms with Crippen LogP contribution in [0.2, 0.25) is 5.02 Å². The zero-order valence-corrected chi connectivity index (χ0v) is 15.4. The van der Waals surface area contributed by atoms with Crippen LogP contribution in [0, 0.1) is 6.92 Å². The first-order valence-corrected chi connectivity index (χ1v) is 8.95. The van der Waals surface area contributed by atoms with Crippen molar-refractivity contribution < 1.29 is 19.4 Å². The summed E-state index contributed by atoms with van der Waals surface area (Å²) < 4.78 is 12.8. The lowest BCUT2D eigenvalue weighted by Crippen LogP contribution is -2.08. The summed E-state index contributed by atoms with van der Waals surface area (Å²) in [5, 5.41) is 12.8. The topological polar surface area (TPSA) is 85.1 Å². The van der Waals surface area contributed by atoms with E-state index in [2.05, 4.69) is 5.32 Å². The molecule has 0 radical (unpaired) electrons. The molecule has 7 nitrogen and oxygen atoms in total. The van der Waals surface area contributed by atoms with Crippen LogP contribution in [0.25, 0.3) is 16.9 Å². The number of carbonyl (C=O) groups is 1. The van der Waals surface area contributed by atoms with Gasteiger partial charge in [-0.3, -0.25) is 9.20 Å². The van der Waals surface area contributed by atoms with Crippen LogP contribution in [0.3, 0.4) is 0 Å². The maximum Gasteiger partial charge on any atom is 0.303 e. The van der Waals surface area contributed by atoms with Crippen LogP contribution in [0.4, 0.5) is 5.82 Å². The number of fused-ring (bicyclic) bond motifs is 2. The Morgan fingerprint density at radius 3 is 2.93 bits per heavy atom. The van der Waals surface area contributed by atoms with Gasteiger partial charge in [-0.1, -0.05) is 11.6 Å². The predicted molar refractivity (Wildman–Crippen MR) is 102 cm³/mol. The van der Waals surface area contributed by atoms with E-state index in [-0.39, 0.29) is 13.2 Å². The van der Waals surface area contributed by atoms with Gasteiger partial charge in [0.2, 0.25) is 6.79 Å². The van der Waals surface area contributed by atoms with Gasteiger partial charge < -0.3 is 19.9 Å². The highest BCUT2D eigenvalue weighted by molar-refractivity contribution is 6.31. The monoisotopic (exact) mass is 387 g/mol. The van der Waals surface area contributed by atoms with Crippen LogP contribution in [0.5, 0.6) is 11.5 Å². The molecule has 2 aromatic heterocycles. The predicted octanol–water partition coefficient (Wildman–Crippen LogP) is 3.97. The minimum atomic E-state index is -0.815. The van der Waals surface area contributed by atoms with Crippen LogP contribution in [0.15, 0.2) is 30.3 Å². The van der Waals surface area contributed by atoms with E-state index in [0.717, 1.165) is 28.4 Å². The van der Waals surface area contributed by atoms with Crippen molar-refractivity contribution in [1.82, 2.24) is 9.38 Å². The first-order valence-electron chi connectivity index (χ1n) is 8.58. The number of benzene rings is 1. The summed E-state index contributed by atoms with van der Waals surface area (Å²) in [6, 6.07) is 9.35. The summed E-state index contributed by atoms with van der Waals surface area (Å²) in [5.41, 5.74) is 3.23. The quantitative estimate of drug-likeness (QED) is 0.622. The molecule has 0 aliphatic carbocycles. The van der Waals surface area contributed by atoms with Gasteiger partial charge in [0, 0.05) is 24.2 Å². The van der Waals surface area contributed by atoms with Crippen molar-refractivity contribution in [3.05, 3.63) is 41.0 Å². The third kappa shape index (κ3) is 3.26. The number of hydrogen-bond donors (Lipinski definition) is 2. The summed E-state index contributed by atoms with van der Waals surface area (Å²) >= 11 is 6.30. The lowest BCUT2D eigenvalue weighted by Gasteiger charge is -2.11. The van der Waals surface area contributed by atoms with Crippen LogP contribution < -0.4 is 14.8 Å². The molecule has 4 rings (SSSR count). The molecular weight excluding hydrogens is 370 g/mol. The van der Waals surface area contributed by atoms with Crippen molar-refractivity contribution in [2.45, 2.75) is 19.8 Å². The second kappa shape index (κ2) is 7.00. The fourth-order valence-electron chi connectivity index (χ4n) is 3.12. The molecule has 3 aromatic rings. The lowest BCUT2D eigenvalue weighted by molar-refractivity contribution is -0.137. The molecule has 140 valence electrons. The Hall–Kier alpha value is -2.93. The fraction of sp³-hybridized carbons (Fsp3) is 0.263. The highest BCUT2D eigenvalue weighted by atomic mass is 35.5. The average Bonchev–Trinajstić information content (AvgIpc) is 3.25. The molecule has 0 bridgehead atoms. The van der Waals surface area contributed by atoms with Crippen LogP contribution in [0.1, 0.15) is 18.5 Å². The van der Waals surface area contributed by atoms with Crippen molar-refractivity contribution >= 4 is 29.0 Å². The van der Waals surface area contributed by atoms with Crippen LogP contribution in [-0.2, 0) is 4.79 Å². The number of anilines is 1. The zero-order valence-electron chi connectivity index (χ0n) is 14.7. The van der Waals surface area contributed by atoms with Gasteiger partial charge in [0.05, 0.1) is 5.02 Å². The van der Waals surface area contributed by atoms with Gasteiger partial charge in [-0.15, -0.1) is 0 Å². The number of aryl methyl sites for hydroxylation is 1. The molecule has 2 N–H and O–H groups in total. The summed E-state index contributed by atoms with van der Waals surface area (Å²) in [6.45, 7) is 2.63. The Morgan fingerprint density at radius 1 is 1.30 bits per heavy atom. The van der Waals surface area contributed by atoms with E-state index in [1.165, 1.54) is 0 Å². The Kier molecular flexibility index (Phi) is 4.53. The van der Waals surface area contributed by atoms with Gasteiger partial charge in [0.1, 0.15) is 17.2 Å². The summed E-state index contributed by atoms with van der Waals surface area (Å²) in [6.07, 6.45) is 0.603.